The maximum absolute atomic E-state index is 12.4. The Labute approximate surface area is 117 Å². The molecule has 1 aliphatic heterocycles. The van der Waals surface area contributed by atoms with Crippen molar-refractivity contribution in [1.82, 2.24) is 0 Å². The molecule has 1 N–H and O–H groups in total. The van der Waals surface area contributed by atoms with E-state index in [-0.39, 0.29) is 18.1 Å². The molecule has 3 rings (SSSR count). The lowest BCUT2D eigenvalue weighted by atomic mass is 9.97. The van der Waals surface area contributed by atoms with E-state index in [1.54, 1.807) is 30.3 Å². The van der Waals surface area contributed by atoms with Crippen LogP contribution in [-0.4, -0.2) is 17.5 Å². The fourth-order valence-corrected chi connectivity index (χ4v) is 2.22. The third-order valence-corrected chi connectivity index (χ3v) is 3.29. The molecule has 0 aliphatic carbocycles. The highest BCUT2D eigenvalue weighted by atomic mass is 16.5. The second-order valence-electron chi connectivity index (χ2n) is 4.88. The lowest BCUT2D eigenvalue weighted by Gasteiger charge is -2.19. The van der Waals surface area contributed by atoms with Crippen LogP contribution in [0, 0.1) is 6.92 Å². The van der Waals surface area contributed by atoms with Gasteiger partial charge in [-0.3, -0.25) is 4.79 Å². The van der Waals surface area contributed by atoms with E-state index < -0.39 is 0 Å². The van der Waals surface area contributed by atoms with Gasteiger partial charge in [0.2, 0.25) is 0 Å². The fourth-order valence-electron chi connectivity index (χ4n) is 2.22. The van der Waals surface area contributed by atoms with Crippen molar-refractivity contribution in [2.24, 2.45) is 0 Å². The summed E-state index contributed by atoms with van der Waals surface area (Å²) in [7, 11) is 0. The first-order valence-corrected chi connectivity index (χ1v) is 6.41. The van der Waals surface area contributed by atoms with Crippen molar-refractivity contribution in [1.29, 1.82) is 0 Å². The van der Waals surface area contributed by atoms with E-state index in [0.717, 1.165) is 11.1 Å². The van der Waals surface area contributed by atoms with Crippen molar-refractivity contribution in [3.05, 3.63) is 64.7 Å². The maximum Gasteiger partial charge on any atom is 0.196 e. The van der Waals surface area contributed by atoms with E-state index in [0.29, 0.717) is 16.9 Å². The van der Waals surface area contributed by atoms with Gasteiger partial charge in [0.25, 0.3) is 0 Å². The summed E-state index contributed by atoms with van der Waals surface area (Å²) >= 11 is 0. The standard InChI is InChI=1S/C17H14O3/c1-11-2-7-16-15(8-11)17(19)13(10-20-16)9-12-3-5-14(18)6-4-12/h2-9,18H,10H2,1H3/b13-9+. The molecule has 0 unspecified atom stereocenters. The molecule has 1 heterocycles. The average molecular weight is 266 g/mol. The van der Waals surface area contributed by atoms with Crippen molar-refractivity contribution in [3.63, 3.8) is 0 Å². The van der Waals surface area contributed by atoms with Crippen molar-refractivity contribution >= 4 is 11.9 Å². The summed E-state index contributed by atoms with van der Waals surface area (Å²) in [5, 5.41) is 9.26. The second kappa shape index (κ2) is 4.85. The Balaban J connectivity index is 1.97. The van der Waals surface area contributed by atoms with Crippen LogP contribution in [-0.2, 0) is 0 Å². The Bertz CT molecular complexity index is 697. The third-order valence-electron chi connectivity index (χ3n) is 3.29. The monoisotopic (exact) mass is 266 g/mol. The molecule has 0 atom stereocenters. The molecule has 0 amide bonds. The van der Waals surface area contributed by atoms with Gasteiger partial charge in [0.1, 0.15) is 18.1 Å². The van der Waals surface area contributed by atoms with Gasteiger partial charge in [-0.1, -0.05) is 23.8 Å². The van der Waals surface area contributed by atoms with E-state index in [1.807, 2.05) is 25.1 Å². The molecular weight excluding hydrogens is 252 g/mol. The Morgan fingerprint density at radius 2 is 1.90 bits per heavy atom. The van der Waals surface area contributed by atoms with E-state index >= 15 is 0 Å². The van der Waals surface area contributed by atoms with Crippen LogP contribution in [0.15, 0.2) is 48.0 Å². The van der Waals surface area contributed by atoms with Crippen molar-refractivity contribution in [3.8, 4) is 11.5 Å². The molecule has 20 heavy (non-hydrogen) atoms. The predicted molar refractivity (Wildman–Crippen MR) is 77.1 cm³/mol. The zero-order chi connectivity index (χ0) is 14.1. The number of aromatic hydroxyl groups is 1. The summed E-state index contributed by atoms with van der Waals surface area (Å²) in [5.41, 5.74) is 3.13. The smallest absolute Gasteiger partial charge is 0.196 e. The van der Waals surface area contributed by atoms with Crippen LogP contribution in [0.1, 0.15) is 21.5 Å². The molecule has 0 saturated carbocycles. The molecule has 100 valence electrons. The molecule has 2 aromatic rings. The molecule has 0 aromatic heterocycles. The first-order chi connectivity index (χ1) is 9.63. The van der Waals surface area contributed by atoms with Gasteiger partial charge in [0, 0.05) is 5.57 Å². The summed E-state index contributed by atoms with van der Waals surface area (Å²) in [6.45, 7) is 2.22. The maximum atomic E-state index is 12.4. The van der Waals surface area contributed by atoms with Crippen molar-refractivity contribution < 1.29 is 14.6 Å². The minimum atomic E-state index is 0.00280. The number of Topliss-reactive ketones (excluding diaryl/α,β-unsaturated/α-hetero) is 1. The molecule has 0 fully saturated rings. The van der Waals surface area contributed by atoms with Gasteiger partial charge in [-0.25, -0.2) is 0 Å². The average Bonchev–Trinajstić information content (AvgIpc) is 2.45. The number of ether oxygens (including phenoxy) is 1. The number of hydrogen-bond donors (Lipinski definition) is 1. The van der Waals surface area contributed by atoms with Gasteiger partial charge in [-0.15, -0.1) is 0 Å². The fraction of sp³-hybridized carbons (Fsp3) is 0.118. The van der Waals surface area contributed by atoms with Crippen LogP contribution in [0.2, 0.25) is 0 Å². The van der Waals surface area contributed by atoms with Crippen LogP contribution >= 0.6 is 0 Å². The van der Waals surface area contributed by atoms with Crippen LogP contribution in [0.25, 0.3) is 6.08 Å². The molecule has 1 aliphatic rings. The SMILES string of the molecule is Cc1ccc2c(c1)C(=O)/C(=C/c1ccc(O)cc1)CO2. The number of aryl methyl sites for hydroxylation is 1. The zero-order valence-corrected chi connectivity index (χ0v) is 11.1. The Kier molecular flexibility index (Phi) is 3.03. The molecule has 2 aromatic carbocycles. The molecule has 3 heteroatoms. The highest BCUT2D eigenvalue weighted by Crippen LogP contribution is 2.28. The van der Waals surface area contributed by atoms with Gasteiger partial charge in [0.15, 0.2) is 5.78 Å². The molecule has 3 nitrogen and oxygen atoms in total. The number of hydrogen-bond acceptors (Lipinski definition) is 3. The first kappa shape index (κ1) is 12.5. The van der Waals surface area contributed by atoms with Gasteiger partial charge in [-0.2, -0.15) is 0 Å². The topological polar surface area (TPSA) is 46.5 Å². The second-order valence-corrected chi connectivity index (χ2v) is 4.88. The minimum Gasteiger partial charge on any atom is -0.508 e. The summed E-state index contributed by atoms with van der Waals surface area (Å²) in [6.07, 6.45) is 1.80. The zero-order valence-electron chi connectivity index (χ0n) is 11.1. The van der Waals surface area contributed by atoms with Crippen LogP contribution in [0.5, 0.6) is 11.5 Å². The summed E-state index contributed by atoms with van der Waals surface area (Å²) in [5.74, 6) is 0.853. The number of rotatable bonds is 1. The molecule has 0 spiro atoms. The van der Waals surface area contributed by atoms with Crippen LogP contribution in [0.3, 0.4) is 0 Å². The first-order valence-electron chi connectivity index (χ1n) is 6.41. The van der Waals surface area contributed by atoms with E-state index in [1.165, 1.54) is 0 Å². The largest absolute Gasteiger partial charge is 0.508 e. The van der Waals surface area contributed by atoms with E-state index in [4.69, 9.17) is 4.74 Å². The quantitative estimate of drug-likeness (QED) is 0.805. The number of phenols is 1. The van der Waals surface area contributed by atoms with E-state index in [9.17, 15) is 9.90 Å². The number of carbonyl (C=O) groups is 1. The van der Waals surface area contributed by atoms with Crippen LogP contribution in [0.4, 0.5) is 0 Å². The predicted octanol–water partition coefficient (Wildman–Crippen LogP) is 3.36. The number of fused-ring (bicyclic) bond motifs is 1. The summed E-state index contributed by atoms with van der Waals surface area (Å²) in [4.78, 5) is 12.4. The van der Waals surface area contributed by atoms with Gasteiger partial charge in [0.05, 0.1) is 5.56 Å². The summed E-state index contributed by atoms with van der Waals surface area (Å²) < 4.78 is 5.62. The number of ketones is 1. The normalized spacial score (nSPS) is 15.8. The van der Waals surface area contributed by atoms with Gasteiger partial charge >= 0.3 is 0 Å². The molecular formula is C17H14O3. The number of benzene rings is 2. The Morgan fingerprint density at radius 1 is 1.15 bits per heavy atom. The Morgan fingerprint density at radius 3 is 2.65 bits per heavy atom. The minimum absolute atomic E-state index is 0.00280. The summed E-state index contributed by atoms with van der Waals surface area (Å²) in [6, 6.07) is 12.3. The number of phenolic OH excluding ortho intramolecular Hbond substituents is 1. The highest BCUT2D eigenvalue weighted by Gasteiger charge is 2.23. The molecule has 0 saturated heterocycles. The lowest BCUT2D eigenvalue weighted by molar-refractivity contribution is 0.100. The van der Waals surface area contributed by atoms with Crippen molar-refractivity contribution in [2.75, 3.05) is 6.61 Å². The Hall–Kier alpha value is -2.55. The third kappa shape index (κ3) is 2.30. The highest BCUT2D eigenvalue weighted by molar-refractivity contribution is 6.14. The number of carbonyl (C=O) groups excluding carboxylic acids is 1. The van der Waals surface area contributed by atoms with Crippen molar-refractivity contribution in [2.45, 2.75) is 6.92 Å². The lowest BCUT2D eigenvalue weighted by Crippen LogP contribution is -2.19. The van der Waals surface area contributed by atoms with Crippen LogP contribution < -0.4 is 4.74 Å². The molecule has 0 bridgehead atoms. The van der Waals surface area contributed by atoms with E-state index in [2.05, 4.69) is 0 Å². The van der Waals surface area contributed by atoms with Gasteiger partial charge < -0.3 is 9.84 Å². The molecule has 0 radical (unpaired) electrons. The van der Waals surface area contributed by atoms with Gasteiger partial charge in [-0.05, 0) is 42.8 Å².